The van der Waals surface area contributed by atoms with Crippen LogP contribution in [0.5, 0.6) is 0 Å². The standard InChI is InChI=1S/C28H28N4O3S/c1-2-18-31-26(22-13-7-4-8-14-22)25(21-11-5-3-6-12-21)30-28(31)36-19-10-17-29-27(33)23-15-9-16-24(20-23)32(34)35/h3-9,11-16,20H,2,10,17-19H2,1H3,(H,29,33). The molecule has 1 heterocycles. The number of non-ortho nitro benzene ring substituents is 1. The fourth-order valence-electron chi connectivity index (χ4n) is 3.96. The topological polar surface area (TPSA) is 90.1 Å². The Labute approximate surface area is 214 Å². The van der Waals surface area contributed by atoms with Crippen molar-refractivity contribution < 1.29 is 9.72 Å². The van der Waals surface area contributed by atoms with E-state index in [9.17, 15) is 14.9 Å². The van der Waals surface area contributed by atoms with Gasteiger partial charge in [-0.2, -0.15) is 0 Å². The molecular formula is C28H28N4O3S. The molecule has 0 aliphatic rings. The van der Waals surface area contributed by atoms with E-state index >= 15 is 0 Å². The Balaban J connectivity index is 1.47. The van der Waals surface area contributed by atoms with Crippen LogP contribution in [-0.2, 0) is 6.54 Å². The predicted molar refractivity (Wildman–Crippen MR) is 144 cm³/mol. The number of hydrogen-bond donors (Lipinski definition) is 1. The van der Waals surface area contributed by atoms with Crippen LogP contribution in [0.3, 0.4) is 0 Å². The van der Waals surface area contributed by atoms with Crippen molar-refractivity contribution in [1.82, 2.24) is 14.9 Å². The highest BCUT2D eigenvalue weighted by atomic mass is 32.2. The summed E-state index contributed by atoms with van der Waals surface area (Å²) in [7, 11) is 0. The van der Waals surface area contributed by atoms with E-state index in [2.05, 4.69) is 41.1 Å². The van der Waals surface area contributed by atoms with Crippen LogP contribution < -0.4 is 5.32 Å². The largest absolute Gasteiger partial charge is 0.352 e. The van der Waals surface area contributed by atoms with Crippen LogP contribution >= 0.6 is 11.8 Å². The van der Waals surface area contributed by atoms with Crippen LogP contribution in [0.1, 0.15) is 30.1 Å². The Kier molecular flexibility index (Phi) is 8.52. The van der Waals surface area contributed by atoms with Gasteiger partial charge in [0, 0.05) is 47.7 Å². The SMILES string of the molecule is CCCn1c(SCCCNC(=O)c2cccc([N+](=O)[O-])c2)nc(-c2ccccc2)c1-c1ccccc1. The molecule has 8 heteroatoms. The fourth-order valence-corrected chi connectivity index (χ4v) is 4.93. The number of amides is 1. The first kappa shape index (κ1) is 25.2. The first-order valence-corrected chi connectivity index (χ1v) is 12.9. The summed E-state index contributed by atoms with van der Waals surface area (Å²) in [6.07, 6.45) is 1.73. The maximum absolute atomic E-state index is 12.4. The highest BCUT2D eigenvalue weighted by Crippen LogP contribution is 2.36. The van der Waals surface area contributed by atoms with Gasteiger partial charge in [-0.15, -0.1) is 0 Å². The Morgan fingerprint density at radius 2 is 1.69 bits per heavy atom. The smallest absolute Gasteiger partial charge is 0.270 e. The van der Waals surface area contributed by atoms with Crippen molar-refractivity contribution in [1.29, 1.82) is 0 Å². The van der Waals surface area contributed by atoms with E-state index < -0.39 is 4.92 Å². The fraction of sp³-hybridized carbons (Fsp3) is 0.214. The molecule has 4 aromatic rings. The molecule has 184 valence electrons. The summed E-state index contributed by atoms with van der Waals surface area (Å²) in [5.74, 6) is 0.465. The zero-order valence-corrected chi connectivity index (χ0v) is 20.9. The third-order valence-corrected chi connectivity index (χ3v) is 6.69. The second kappa shape index (κ2) is 12.2. The molecule has 4 rings (SSSR count). The van der Waals surface area contributed by atoms with Crippen molar-refractivity contribution in [2.24, 2.45) is 0 Å². The second-order valence-electron chi connectivity index (χ2n) is 8.24. The molecule has 1 N–H and O–H groups in total. The van der Waals surface area contributed by atoms with Gasteiger partial charge in [0.15, 0.2) is 5.16 Å². The van der Waals surface area contributed by atoms with Crippen LogP contribution in [0.4, 0.5) is 5.69 Å². The lowest BCUT2D eigenvalue weighted by Gasteiger charge is -2.12. The van der Waals surface area contributed by atoms with Crippen LogP contribution in [0.15, 0.2) is 90.1 Å². The number of aromatic nitrogens is 2. The number of carbonyl (C=O) groups is 1. The maximum Gasteiger partial charge on any atom is 0.270 e. The average Bonchev–Trinajstić information content (AvgIpc) is 3.27. The Morgan fingerprint density at radius 1 is 1.00 bits per heavy atom. The van der Waals surface area contributed by atoms with Gasteiger partial charge >= 0.3 is 0 Å². The maximum atomic E-state index is 12.4. The van der Waals surface area contributed by atoms with Crippen molar-refractivity contribution in [3.8, 4) is 22.5 Å². The van der Waals surface area contributed by atoms with E-state index in [1.807, 2.05) is 36.4 Å². The summed E-state index contributed by atoms with van der Waals surface area (Å²) >= 11 is 1.68. The second-order valence-corrected chi connectivity index (χ2v) is 9.30. The van der Waals surface area contributed by atoms with Gasteiger partial charge in [0.1, 0.15) is 0 Å². The van der Waals surface area contributed by atoms with Crippen molar-refractivity contribution in [3.05, 3.63) is 101 Å². The first-order chi connectivity index (χ1) is 17.6. The zero-order chi connectivity index (χ0) is 25.3. The van der Waals surface area contributed by atoms with E-state index in [0.29, 0.717) is 6.54 Å². The third-order valence-electron chi connectivity index (χ3n) is 5.63. The number of imidazole rings is 1. The lowest BCUT2D eigenvalue weighted by molar-refractivity contribution is -0.384. The first-order valence-electron chi connectivity index (χ1n) is 11.9. The average molecular weight is 501 g/mol. The monoisotopic (exact) mass is 500 g/mol. The van der Waals surface area contributed by atoms with E-state index in [-0.39, 0.29) is 17.2 Å². The molecule has 36 heavy (non-hydrogen) atoms. The van der Waals surface area contributed by atoms with Crippen molar-refractivity contribution in [2.45, 2.75) is 31.5 Å². The molecule has 0 fully saturated rings. The number of nitro benzene ring substituents is 1. The van der Waals surface area contributed by atoms with Gasteiger partial charge in [0.25, 0.3) is 11.6 Å². The predicted octanol–water partition coefficient (Wildman–Crippen LogP) is 6.45. The van der Waals surface area contributed by atoms with Crippen LogP contribution in [-0.4, -0.2) is 32.7 Å². The third kappa shape index (κ3) is 6.01. The van der Waals surface area contributed by atoms with E-state index in [0.717, 1.165) is 52.8 Å². The summed E-state index contributed by atoms with van der Waals surface area (Å²) in [6, 6.07) is 26.3. The van der Waals surface area contributed by atoms with E-state index in [4.69, 9.17) is 4.98 Å². The van der Waals surface area contributed by atoms with Gasteiger partial charge < -0.3 is 9.88 Å². The number of nitrogens with zero attached hydrogens (tertiary/aromatic N) is 3. The molecule has 7 nitrogen and oxygen atoms in total. The molecule has 0 atom stereocenters. The molecular weight excluding hydrogens is 472 g/mol. The quantitative estimate of drug-likeness (QED) is 0.111. The Bertz CT molecular complexity index is 1320. The number of nitro groups is 1. The molecule has 3 aromatic carbocycles. The van der Waals surface area contributed by atoms with Gasteiger partial charge in [-0.1, -0.05) is 85.4 Å². The van der Waals surface area contributed by atoms with Crippen molar-refractivity contribution >= 4 is 23.4 Å². The van der Waals surface area contributed by atoms with Crippen LogP contribution in [0.25, 0.3) is 22.5 Å². The highest BCUT2D eigenvalue weighted by Gasteiger charge is 2.20. The molecule has 0 spiro atoms. The molecule has 0 radical (unpaired) electrons. The lowest BCUT2D eigenvalue weighted by Crippen LogP contribution is -2.24. The molecule has 1 aromatic heterocycles. The zero-order valence-electron chi connectivity index (χ0n) is 20.1. The number of hydrogen-bond acceptors (Lipinski definition) is 5. The normalized spacial score (nSPS) is 10.8. The number of rotatable bonds is 11. The minimum atomic E-state index is -0.501. The summed E-state index contributed by atoms with van der Waals surface area (Å²) in [5.41, 5.74) is 4.49. The molecule has 0 saturated carbocycles. The molecule has 0 aliphatic heterocycles. The molecule has 0 saturated heterocycles. The molecule has 0 aliphatic carbocycles. The number of thioether (sulfide) groups is 1. The molecule has 1 amide bonds. The molecule has 0 unspecified atom stereocenters. The van der Waals surface area contributed by atoms with Gasteiger partial charge in [-0.3, -0.25) is 14.9 Å². The van der Waals surface area contributed by atoms with Crippen LogP contribution in [0, 0.1) is 10.1 Å². The minimum Gasteiger partial charge on any atom is -0.352 e. The summed E-state index contributed by atoms with van der Waals surface area (Å²) in [4.78, 5) is 27.9. The summed E-state index contributed by atoms with van der Waals surface area (Å²) in [5, 5.41) is 14.8. The van der Waals surface area contributed by atoms with Crippen molar-refractivity contribution in [3.63, 3.8) is 0 Å². The lowest BCUT2D eigenvalue weighted by atomic mass is 10.0. The summed E-state index contributed by atoms with van der Waals surface area (Å²) < 4.78 is 2.30. The van der Waals surface area contributed by atoms with Gasteiger partial charge in [0.05, 0.1) is 16.3 Å². The van der Waals surface area contributed by atoms with E-state index in [1.54, 1.807) is 17.8 Å². The summed E-state index contributed by atoms with van der Waals surface area (Å²) in [6.45, 7) is 3.49. The van der Waals surface area contributed by atoms with Crippen molar-refractivity contribution in [2.75, 3.05) is 12.3 Å². The highest BCUT2D eigenvalue weighted by molar-refractivity contribution is 7.99. The minimum absolute atomic E-state index is 0.0931. The van der Waals surface area contributed by atoms with Crippen LogP contribution in [0.2, 0.25) is 0 Å². The van der Waals surface area contributed by atoms with Gasteiger partial charge in [0.2, 0.25) is 0 Å². The van der Waals surface area contributed by atoms with E-state index in [1.165, 1.54) is 18.2 Å². The molecule has 0 bridgehead atoms. The number of nitrogens with one attached hydrogen (secondary N) is 1. The van der Waals surface area contributed by atoms with Gasteiger partial charge in [-0.05, 0) is 18.9 Å². The number of benzene rings is 3. The Morgan fingerprint density at radius 3 is 2.36 bits per heavy atom. The van der Waals surface area contributed by atoms with Gasteiger partial charge in [-0.25, -0.2) is 4.98 Å². The Hall–Kier alpha value is -3.91. The number of carbonyl (C=O) groups excluding carboxylic acids is 1.